The molecule has 37 heavy (non-hydrogen) atoms. The second-order valence-corrected chi connectivity index (χ2v) is 11.3. The van der Waals surface area contributed by atoms with E-state index in [0.717, 1.165) is 30.4 Å². The van der Waals surface area contributed by atoms with E-state index in [9.17, 15) is 9.59 Å². The van der Waals surface area contributed by atoms with Crippen molar-refractivity contribution < 1.29 is 4.79 Å². The monoisotopic (exact) mass is 506 g/mol. The van der Waals surface area contributed by atoms with E-state index < -0.39 is 6.04 Å². The van der Waals surface area contributed by atoms with Crippen LogP contribution in [0.4, 0.5) is 0 Å². The number of aromatic amines is 1. The summed E-state index contributed by atoms with van der Waals surface area (Å²) in [4.78, 5) is 35.9. The summed E-state index contributed by atoms with van der Waals surface area (Å²) in [5.41, 5.74) is 2.16. The number of nitrogens with one attached hydrogen (secondary N) is 1. The molecule has 4 heterocycles. The molecule has 10 heteroatoms. The highest BCUT2D eigenvalue weighted by molar-refractivity contribution is 5.80. The first-order chi connectivity index (χ1) is 17.7. The van der Waals surface area contributed by atoms with Crippen LogP contribution in [0.25, 0.3) is 10.9 Å². The number of H-pyrrole nitrogens is 1. The number of fused-ring (bicyclic) bond motifs is 1. The maximum Gasteiger partial charge on any atom is 0.253 e. The molecule has 1 unspecified atom stereocenters. The van der Waals surface area contributed by atoms with Gasteiger partial charge >= 0.3 is 0 Å². The van der Waals surface area contributed by atoms with Crippen molar-refractivity contribution in [2.75, 3.05) is 45.8 Å². The smallest absolute Gasteiger partial charge is 0.253 e. The summed E-state index contributed by atoms with van der Waals surface area (Å²) in [5.74, 6) is 0.828. The molecule has 198 valence electrons. The van der Waals surface area contributed by atoms with Gasteiger partial charge < -0.3 is 9.88 Å². The van der Waals surface area contributed by atoms with Crippen molar-refractivity contribution in [2.45, 2.75) is 58.5 Å². The first kappa shape index (κ1) is 25.5. The zero-order chi connectivity index (χ0) is 26.2. The molecule has 2 fully saturated rings. The van der Waals surface area contributed by atoms with Gasteiger partial charge in [0.15, 0.2) is 5.82 Å². The van der Waals surface area contributed by atoms with Crippen molar-refractivity contribution in [1.29, 1.82) is 0 Å². The fourth-order valence-electron chi connectivity index (χ4n) is 5.50. The van der Waals surface area contributed by atoms with Crippen molar-refractivity contribution in [3.8, 4) is 0 Å². The summed E-state index contributed by atoms with van der Waals surface area (Å²) in [6.07, 6.45) is 3.26. The lowest BCUT2D eigenvalue weighted by molar-refractivity contribution is -0.134. The average molecular weight is 507 g/mol. The number of amides is 1. The molecule has 0 spiro atoms. The number of hydrogen-bond acceptors (Lipinski definition) is 7. The quantitative estimate of drug-likeness (QED) is 0.546. The van der Waals surface area contributed by atoms with Crippen LogP contribution < -0.4 is 5.56 Å². The van der Waals surface area contributed by atoms with Crippen LogP contribution in [0, 0.1) is 0 Å². The van der Waals surface area contributed by atoms with Crippen molar-refractivity contribution >= 4 is 16.8 Å². The van der Waals surface area contributed by atoms with Gasteiger partial charge in [0.1, 0.15) is 6.04 Å². The average Bonchev–Trinajstić information content (AvgIpc) is 3.57. The Kier molecular flexibility index (Phi) is 7.13. The van der Waals surface area contributed by atoms with Gasteiger partial charge in [0.05, 0.1) is 12.1 Å². The third-order valence-electron chi connectivity index (χ3n) is 7.60. The number of likely N-dealkylation sites (tertiary alicyclic amines) is 1. The van der Waals surface area contributed by atoms with Gasteiger partial charge in [0.25, 0.3) is 5.56 Å². The number of pyridine rings is 1. The second kappa shape index (κ2) is 10.3. The fraction of sp³-hybridized carbons (Fsp3) is 0.593. The topological polar surface area (TPSA) is 103 Å². The van der Waals surface area contributed by atoms with Crippen LogP contribution in [0.3, 0.4) is 0 Å². The summed E-state index contributed by atoms with van der Waals surface area (Å²) >= 11 is 0. The normalized spacial score (nSPS) is 18.5. The van der Waals surface area contributed by atoms with E-state index in [1.54, 1.807) is 0 Å². The number of carbonyl (C=O) groups excluding carboxylic acids is 1. The summed E-state index contributed by atoms with van der Waals surface area (Å²) in [6.45, 7) is 13.3. The molecule has 0 saturated carbocycles. The predicted molar refractivity (Wildman–Crippen MR) is 142 cm³/mol. The molecule has 3 aromatic rings. The van der Waals surface area contributed by atoms with Crippen LogP contribution in [-0.2, 0) is 16.8 Å². The Morgan fingerprint density at radius 3 is 2.46 bits per heavy atom. The summed E-state index contributed by atoms with van der Waals surface area (Å²) < 4.78 is 1.81. The molecule has 2 aromatic heterocycles. The number of hydrogen-bond donors (Lipinski definition) is 1. The van der Waals surface area contributed by atoms with Gasteiger partial charge in [-0.3, -0.25) is 19.4 Å². The molecule has 5 rings (SSSR count). The van der Waals surface area contributed by atoms with Crippen LogP contribution in [-0.4, -0.2) is 91.6 Å². The standard InChI is InChI=1S/C27H38N8O2/c1-5-19-8-9-22-20(16-19)17-21(26(37)28-22)24(25-29-30-31-35(25)27(2,3)4)34-14-12-33(13-15-34)23(36)18-32-10-6-7-11-32/h8-9,16-17,24H,5-7,10-15,18H2,1-4H3,(H,28,37). The largest absolute Gasteiger partial charge is 0.339 e. The summed E-state index contributed by atoms with van der Waals surface area (Å²) in [5, 5.41) is 13.7. The molecule has 0 bridgehead atoms. The third-order valence-corrected chi connectivity index (χ3v) is 7.60. The fourth-order valence-corrected chi connectivity index (χ4v) is 5.50. The second-order valence-electron chi connectivity index (χ2n) is 11.3. The highest BCUT2D eigenvalue weighted by Crippen LogP contribution is 2.30. The van der Waals surface area contributed by atoms with Crippen molar-refractivity contribution in [2.24, 2.45) is 0 Å². The third kappa shape index (κ3) is 5.31. The van der Waals surface area contributed by atoms with Crippen LogP contribution in [0.2, 0.25) is 0 Å². The number of tetrazole rings is 1. The summed E-state index contributed by atoms with van der Waals surface area (Å²) in [6, 6.07) is 7.72. The number of aromatic nitrogens is 5. The lowest BCUT2D eigenvalue weighted by Crippen LogP contribution is -2.52. The Bertz CT molecular complexity index is 1310. The molecule has 0 radical (unpaired) electrons. The van der Waals surface area contributed by atoms with Crippen molar-refractivity contribution in [1.82, 2.24) is 39.9 Å². The molecule has 1 aromatic carbocycles. The van der Waals surface area contributed by atoms with E-state index in [1.807, 2.05) is 27.8 Å². The van der Waals surface area contributed by atoms with Gasteiger partial charge in [-0.15, -0.1) is 5.10 Å². The number of carbonyl (C=O) groups is 1. The lowest BCUT2D eigenvalue weighted by Gasteiger charge is -2.39. The van der Waals surface area contributed by atoms with E-state index in [0.29, 0.717) is 44.1 Å². The van der Waals surface area contributed by atoms with Gasteiger partial charge in [0, 0.05) is 37.3 Å². The van der Waals surface area contributed by atoms with Crippen LogP contribution >= 0.6 is 0 Å². The first-order valence-corrected chi connectivity index (χ1v) is 13.4. The van der Waals surface area contributed by atoms with Crippen molar-refractivity contribution in [3.05, 3.63) is 51.6 Å². The van der Waals surface area contributed by atoms with Gasteiger partial charge in [-0.05, 0) is 92.7 Å². The Morgan fingerprint density at radius 2 is 1.78 bits per heavy atom. The number of piperazine rings is 1. The van der Waals surface area contributed by atoms with E-state index in [2.05, 4.69) is 64.1 Å². The van der Waals surface area contributed by atoms with Gasteiger partial charge in [0.2, 0.25) is 5.91 Å². The van der Waals surface area contributed by atoms with E-state index in [-0.39, 0.29) is 17.0 Å². The molecule has 2 aliphatic heterocycles. The molecule has 2 aliphatic rings. The number of nitrogens with zero attached hydrogens (tertiary/aromatic N) is 7. The summed E-state index contributed by atoms with van der Waals surface area (Å²) in [7, 11) is 0. The zero-order valence-corrected chi connectivity index (χ0v) is 22.4. The zero-order valence-electron chi connectivity index (χ0n) is 22.4. The van der Waals surface area contributed by atoms with Crippen LogP contribution in [0.5, 0.6) is 0 Å². The molecule has 1 N–H and O–H groups in total. The molecule has 1 amide bonds. The van der Waals surface area contributed by atoms with Crippen LogP contribution in [0.1, 0.15) is 63.5 Å². The van der Waals surface area contributed by atoms with E-state index >= 15 is 0 Å². The molecule has 1 atom stereocenters. The predicted octanol–water partition coefficient (Wildman–Crippen LogP) is 2.16. The Morgan fingerprint density at radius 1 is 1.05 bits per heavy atom. The minimum atomic E-state index is -0.427. The van der Waals surface area contributed by atoms with E-state index in [4.69, 9.17) is 0 Å². The van der Waals surface area contributed by atoms with Gasteiger partial charge in [-0.25, -0.2) is 4.68 Å². The molecular formula is C27H38N8O2. The number of rotatable bonds is 6. The highest BCUT2D eigenvalue weighted by Gasteiger charge is 2.35. The Labute approximate surface area is 217 Å². The minimum Gasteiger partial charge on any atom is -0.339 e. The first-order valence-electron chi connectivity index (χ1n) is 13.4. The lowest BCUT2D eigenvalue weighted by atomic mass is 10.00. The number of aryl methyl sites for hydroxylation is 1. The Hall–Kier alpha value is -3.11. The maximum atomic E-state index is 13.5. The number of benzene rings is 1. The molecular weight excluding hydrogens is 468 g/mol. The van der Waals surface area contributed by atoms with Crippen LogP contribution in [0.15, 0.2) is 29.1 Å². The van der Waals surface area contributed by atoms with Gasteiger partial charge in [-0.2, -0.15) is 0 Å². The molecule has 2 saturated heterocycles. The van der Waals surface area contributed by atoms with Gasteiger partial charge in [-0.1, -0.05) is 13.0 Å². The Balaban J connectivity index is 1.48. The highest BCUT2D eigenvalue weighted by atomic mass is 16.2. The SMILES string of the molecule is CCc1ccc2[nH]c(=O)c(C(c3nnnn3C(C)(C)C)N3CCN(C(=O)CN4CCCC4)CC3)cc2c1. The van der Waals surface area contributed by atoms with Crippen molar-refractivity contribution in [3.63, 3.8) is 0 Å². The molecule has 10 nitrogen and oxygen atoms in total. The maximum absolute atomic E-state index is 13.5. The minimum absolute atomic E-state index is 0.141. The molecule has 0 aliphatic carbocycles. The van der Waals surface area contributed by atoms with E-state index in [1.165, 1.54) is 18.4 Å².